The molecule has 1 aromatic carbocycles. The largest absolute Gasteiger partial charge is 0.398 e. The summed E-state index contributed by atoms with van der Waals surface area (Å²) in [7, 11) is 0. The molecule has 0 amide bonds. The van der Waals surface area contributed by atoms with Crippen molar-refractivity contribution in [2.45, 2.75) is 6.92 Å². The van der Waals surface area contributed by atoms with Crippen molar-refractivity contribution < 1.29 is 0 Å². The van der Waals surface area contributed by atoms with Gasteiger partial charge in [0.15, 0.2) is 0 Å². The Hall–Kier alpha value is -1.83. The number of nitrogens with two attached hydrogens (primary N) is 1. The topological polar surface area (TPSA) is 38.9 Å². The van der Waals surface area contributed by atoms with Crippen molar-refractivity contribution >= 4 is 5.69 Å². The molecule has 2 rings (SSSR count). The molecule has 2 nitrogen and oxygen atoms in total. The summed E-state index contributed by atoms with van der Waals surface area (Å²) in [5.74, 6) is 0. The zero-order valence-electron chi connectivity index (χ0n) is 8.07. The number of rotatable bonds is 1. The van der Waals surface area contributed by atoms with Crippen LogP contribution < -0.4 is 5.73 Å². The summed E-state index contributed by atoms with van der Waals surface area (Å²) in [5.41, 5.74) is 10.1. The molecule has 0 saturated carbocycles. The molecule has 0 aliphatic rings. The molecule has 0 atom stereocenters. The maximum atomic E-state index is 5.93. The van der Waals surface area contributed by atoms with E-state index < -0.39 is 0 Å². The van der Waals surface area contributed by atoms with E-state index in [0.29, 0.717) is 0 Å². The highest BCUT2D eigenvalue weighted by atomic mass is 14.6. The van der Waals surface area contributed by atoms with Gasteiger partial charge < -0.3 is 5.73 Å². The minimum Gasteiger partial charge on any atom is -0.398 e. The number of hydrogen-bond acceptors (Lipinski definition) is 2. The fourth-order valence-electron chi connectivity index (χ4n) is 1.60. The van der Waals surface area contributed by atoms with Gasteiger partial charge in [0.2, 0.25) is 0 Å². The van der Waals surface area contributed by atoms with Gasteiger partial charge in [0.1, 0.15) is 0 Å². The predicted molar refractivity (Wildman–Crippen MR) is 58.8 cm³/mol. The van der Waals surface area contributed by atoms with Crippen molar-refractivity contribution in [3.8, 4) is 11.1 Å². The maximum absolute atomic E-state index is 5.93. The van der Waals surface area contributed by atoms with Gasteiger partial charge in [-0.1, -0.05) is 18.2 Å². The summed E-state index contributed by atoms with van der Waals surface area (Å²) >= 11 is 0. The molecule has 2 heteroatoms. The number of hydrogen-bond donors (Lipinski definition) is 1. The van der Waals surface area contributed by atoms with Crippen LogP contribution >= 0.6 is 0 Å². The standard InChI is InChI=1S/C12H12N2/c1-9-4-2-6-11(13)12(9)10-5-3-7-14-8-10/h2-8H,13H2,1H3. The van der Waals surface area contributed by atoms with Crippen LogP contribution in [-0.2, 0) is 0 Å². The lowest BCUT2D eigenvalue weighted by Crippen LogP contribution is -1.92. The average Bonchev–Trinajstić information content (AvgIpc) is 2.19. The van der Waals surface area contributed by atoms with Gasteiger partial charge in [-0.15, -0.1) is 0 Å². The van der Waals surface area contributed by atoms with Crippen LogP contribution in [0.15, 0.2) is 42.7 Å². The van der Waals surface area contributed by atoms with E-state index in [2.05, 4.69) is 18.0 Å². The Morgan fingerprint density at radius 3 is 2.64 bits per heavy atom. The highest BCUT2D eigenvalue weighted by molar-refractivity contribution is 5.78. The Bertz CT molecular complexity index is 415. The van der Waals surface area contributed by atoms with E-state index in [9.17, 15) is 0 Å². The quantitative estimate of drug-likeness (QED) is 0.692. The first kappa shape index (κ1) is 8.75. The van der Waals surface area contributed by atoms with Crippen LogP contribution in [0.3, 0.4) is 0 Å². The van der Waals surface area contributed by atoms with Gasteiger partial charge >= 0.3 is 0 Å². The second-order valence-corrected chi connectivity index (χ2v) is 3.28. The molecule has 0 fully saturated rings. The van der Waals surface area contributed by atoms with Crippen LogP contribution in [0, 0.1) is 6.92 Å². The number of pyridine rings is 1. The summed E-state index contributed by atoms with van der Waals surface area (Å²) in [6.45, 7) is 2.05. The highest BCUT2D eigenvalue weighted by Crippen LogP contribution is 2.28. The van der Waals surface area contributed by atoms with Crippen molar-refractivity contribution in [2.75, 3.05) is 5.73 Å². The Kier molecular flexibility index (Phi) is 2.19. The third-order valence-electron chi connectivity index (χ3n) is 2.26. The second kappa shape index (κ2) is 3.50. The number of aromatic nitrogens is 1. The fraction of sp³-hybridized carbons (Fsp3) is 0.0833. The van der Waals surface area contributed by atoms with Gasteiger partial charge in [0.05, 0.1) is 0 Å². The molecule has 1 heterocycles. The predicted octanol–water partition coefficient (Wildman–Crippen LogP) is 2.64. The van der Waals surface area contributed by atoms with E-state index in [1.54, 1.807) is 6.20 Å². The lowest BCUT2D eigenvalue weighted by atomic mass is 10.0. The van der Waals surface area contributed by atoms with Gasteiger partial charge in [0.25, 0.3) is 0 Å². The van der Waals surface area contributed by atoms with Crippen molar-refractivity contribution in [1.29, 1.82) is 0 Å². The van der Waals surface area contributed by atoms with Crippen molar-refractivity contribution in [3.63, 3.8) is 0 Å². The number of nitrogens with zero attached hydrogens (tertiary/aromatic N) is 1. The first-order chi connectivity index (χ1) is 6.79. The van der Waals surface area contributed by atoms with Crippen LogP contribution in [0.25, 0.3) is 11.1 Å². The summed E-state index contributed by atoms with van der Waals surface area (Å²) in [6.07, 6.45) is 3.59. The van der Waals surface area contributed by atoms with E-state index >= 15 is 0 Å². The highest BCUT2D eigenvalue weighted by Gasteiger charge is 2.04. The molecule has 0 spiro atoms. The zero-order valence-corrected chi connectivity index (χ0v) is 8.07. The van der Waals surface area contributed by atoms with Crippen LogP contribution in [-0.4, -0.2) is 4.98 Å². The molecule has 0 aliphatic carbocycles. The number of aryl methyl sites for hydroxylation is 1. The van der Waals surface area contributed by atoms with Crippen LogP contribution in [0.4, 0.5) is 5.69 Å². The average molecular weight is 184 g/mol. The Morgan fingerprint density at radius 1 is 1.14 bits per heavy atom. The van der Waals surface area contributed by atoms with E-state index in [0.717, 1.165) is 16.8 Å². The molecular formula is C12H12N2. The normalized spacial score (nSPS) is 10.1. The molecule has 0 radical (unpaired) electrons. The van der Waals surface area contributed by atoms with Gasteiger partial charge in [-0.3, -0.25) is 4.98 Å². The SMILES string of the molecule is Cc1cccc(N)c1-c1cccnc1. The van der Waals surface area contributed by atoms with E-state index in [1.165, 1.54) is 5.56 Å². The van der Waals surface area contributed by atoms with Gasteiger partial charge in [-0.05, 0) is 24.6 Å². The van der Waals surface area contributed by atoms with Crippen LogP contribution in [0.2, 0.25) is 0 Å². The minimum absolute atomic E-state index is 0.804. The Balaban J connectivity index is 2.63. The second-order valence-electron chi connectivity index (χ2n) is 3.28. The molecule has 2 aromatic rings. The lowest BCUT2D eigenvalue weighted by Gasteiger charge is -2.08. The third-order valence-corrected chi connectivity index (χ3v) is 2.26. The molecule has 0 bridgehead atoms. The molecule has 0 saturated heterocycles. The van der Waals surface area contributed by atoms with E-state index in [4.69, 9.17) is 5.73 Å². The summed E-state index contributed by atoms with van der Waals surface area (Å²) in [4.78, 5) is 4.09. The van der Waals surface area contributed by atoms with E-state index in [-0.39, 0.29) is 0 Å². The summed E-state index contributed by atoms with van der Waals surface area (Å²) in [6, 6.07) is 9.87. The maximum Gasteiger partial charge on any atom is 0.0396 e. The first-order valence-corrected chi connectivity index (χ1v) is 4.54. The first-order valence-electron chi connectivity index (χ1n) is 4.54. The lowest BCUT2D eigenvalue weighted by molar-refractivity contribution is 1.32. The van der Waals surface area contributed by atoms with E-state index in [1.807, 2.05) is 30.5 Å². The molecule has 2 N–H and O–H groups in total. The molecule has 0 aliphatic heterocycles. The number of benzene rings is 1. The summed E-state index contributed by atoms with van der Waals surface area (Å²) < 4.78 is 0. The van der Waals surface area contributed by atoms with Gasteiger partial charge in [-0.25, -0.2) is 0 Å². The number of anilines is 1. The van der Waals surface area contributed by atoms with Crippen LogP contribution in [0.5, 0.6) is 0 Å². The summed E-state index contributed by atoms with van der Waals surface area (Å²) in [5, 5.41) is 0. The Labute approximate surface area is 83.4 Å². The van der Waals surface area contributed by atoms with Gasteiger partial charge in [0, 0.05) is 29.2 Å². The zero-order chi connectivity index (χ0) is 9.97. The third kappa shape index (κ3) is 1.46. The number of nitrogen functional groups attached to an aromatic ring is 1. The fourth-order valence-corrected chi connectivity index (χ4v) is 1.60. The van der Waals surface area contributed by atoms with Crippen LogP contribution in [0.1, 0.15) is 5.56 Å². The molecule has 70 valence electrons. The van der Waals surface area contributed by atoms with Crippen molar-refractivity contribution in [3.05, 3.63) is 48.3 Å². The van der Waals surface area contributed by atoms with Crippen molar-refractivity contribution in [1.82, 2.24) is 4.98 Å². The smallest absolute Gasteiger partial charge is 0.0396 e. The monoisotopic (exact) mass is 184 g/mol. The molecular weight excluding hydrogens is 172 g/mol. The molecule has 14 heavy (non-hydrogen) atoms. The minimum atomic E-state index is 0.804. The molecule has 0 unspecified atom stereocenters. The Morgan fingerprint density at radius 2 is 2.00 bits per heavy atom. The van der Waals surface area contributed by atoms with Gasteiger partial charge in [-0.2, -0.15) is 0 Å². The molecule has 1 aromatic heterocycles. The van der Waals surface area contributed by atoms with Crippen molar-refractivity contribution in [2.24, 2.45) is 0 Å².